The van der Waals surface area contributed by atoms with Crippen molar-refractivity contribution in [2.45, 2.75) is 62.7 Å². The number of halogens is 3. The molecule has 1 aliphatic heterocycles. The number of carbonyl (C=O) groups is 1. The summed E-state index contributed by atoms with van der Waals surface area (Å²) < 4.78 is 49.4. The summed E-state index contributed by atoms with van der Waals surface area (Å²) in [6, 6.07) is 10.5. The third-order valence-corrected chi connectivity index (χ3v) is 7.65. The van der Waals surface area contributed by atoms with Gasteiger partial charge < -0.3 is 20.1 Å². The number of nitrogens with zero attached hydrogens (tertiary/aromatic N) is 1. The fourth-order valence-corrected chi connectivity index (χ4v) is 5.91. The zero-order chi connectivity index (χ0) is 25.9. The van der Waals surface area contributed by atoms with Crippen molar-refractivity contribution in [3.63, 3.8) is 0 Å². The second-order valence-corrected chi connectivity index (χ2v) is 9.67. The van der Waals surface area contributed by atoms with E-state index in [1.54, 1.807) is 14.2 Å². The molecular weight excluding hydrogens is 471 g/mol. The second-order valence-electron chi connectivity index (χ2n) is 9.67. The largest absolute Gasteiger partial charge is 0.493 e. The highest BCUT2D eigenvalue weighted by molar-refractivity contribution is 5.89. The summed E-state index contributed by atoms with van der Waals surface area (Å²) in [5.74, 6) is 1.42. The van der Waals surface area contributed by atoms with Crippen molar-refractivity contribution in [2.75, 3.05) is 32.6 Å². The van der Waals surface area contributed by atoms with Crippen LogP contribution in [0.1, 0.15) is 50.2 Å². The number of likely N-dealkylation sites (tertiary alicyclic amines) is 1. The first-order valence-corrected chi connectivity index (χ1v) is 12.4. The Hall–Kier alpha value is -2.94. The maximum absolute atomic E-state index is 12.8. The Morgan fingerprint density at radius 2 is 1.81 bits per heavy atom. The number of methoxy groups -OCH3 is 2. The van der Waals surface area contributed by atoms with Gasteiger partial charge in [-0.3, -0.25) is 4.90 Å². The van der Waals surface area contributed by atoms with Crippen molar-refractivity contribution in [1.82, 2.24) is 10.2 Å². The smallest absolute Gasteiger partial charge is 0.416 e. The average Bonchev–Trinajstić information content (AvgIpc) is 3.22. The summed E-state index contributed by atoms with van der Waals surface area (Å²) >= 11 is 0. The minimum absolute atomic E-state index is 0.0309. The predicted octanol–water partition coefficient (Wildman–Crippen LogP) is 5.82. The van der Waals surface area contributed by atoms with Crippen molar-refractivity contribution in [1.29, 1.82) is 0 Å². The van der Waals surface area contributed by atoms with Gasteiger partial charge >= 0.3 is 12.2 Å². The van der Waals surface area contributed by atoms with Gasteiger partial charge in [0.2, 0.25) is 0 Å². The van der Waals surface area contributed by atoms with E-state index in [9.17, 15) is 18.0 Å². The lowest BCUT2D eigenvalue weighted by atomic mass is 9.65. The first-order chi connectivity index (χ1) is 17.2. The standard InChI is InChI=1S/C27H34F3N3O3/c1-4-14-33-15-13-26(19-7-10-22(35-2)23(16-19)36-3)12-11-21(17-24(26)33)32-25(34)31-20-8-5-18(6-9-20)27(28,29)30/h5-10,16,21,24H,4,11-15,17H2,1-3H3,(H2,31,32,34)/t21-,24+,26-/m0/s1. The van der Waals surface area contributed by atoms with Crippen molar-refractivity contribution >= 4 is 11.7 Å². The molecule has 3 atom stereocenters. The van der Waals surface area contributed by atoms with Crippen LogP contribution in [0.25, 0.3) is 0 Å². The highest BCUT2D eigenvalue weighted by Crippen LogP contribution is 2.50. The monoisotopic (exact) mass is 505 g/mol. The molecule has 2 aromatic carbocycles. The Labute approximate surface area is 210 Å². The van der Waals surface area contributed by atoms with Gasteiger partial charge in [0.1, 0.15) is 0 Å². The van der Waals surface area contributed by atoms with Crippen molar-refractivity contribution in [2.24, 2.45) is 0 Å². The number of nitrogens with one attached hydrogen (secondary N) is 2. The van der Waals surface area contributed by atoms with E-state index in [4.69, 9.17) is 9.47 Å². The van der Waals surface area contributed by atoms with Crippen LogP contribution in [0.5, 0.6) is 11.5 Å². The van der Waals surface area contributed by atoms with E-state index in [1.807, 2.05) is 6.07 Å². The number of anilines is 1. The van der Waals surface area contributed by atoms with Crippen LogP contribution in [0.3, 0.4) is 0 Å². The fourth-order valence-electron chi connectivity index (χ4n) is 5.91. The van der Waals surface area contributed by atoms with Crippen LogP contribution in [0.2, 0.25) is 0 Å². The Balaban J connectivity index is 1.47. The maximum Gasteiger partial charge on any atom is 0.416 e. The van der Waals surface area contributed by atoms with Gasteiger partial charge in [0, 0.05) is 23.2 Å². The topological polar surface area (TPSA) is 62.8 Å². The highest BCUT2D eigenvalue weighted by Gasteiger charge is 2.51. The van der Waals surface area contributed by atoms with Gasteiger partial charge in [0.05, 0.1) is 19.8 Å². The fraction of sp³-hybridized carbons (Fsp3) is 0.519. The summed E-state index contributed by atoms with van der Waals surface area (Å²) in [6.45, 7) is 4.16. The molecule has 0 radical (unpaired) electrons. The molecule has 2 fully saturated rings. The van der Waals surface area contributed by atoms with E-state index in [0.717, 1.165) is 57.3 Å². The molecule has 1 aliphatic carbocycles. The number of amides is 2. The molecule has 1 saturated carbocycles. The maximum atomic E-state index is 12.8. The first-order valence-electron chi connectivity index (χ1n) is 12.4. The molecule has 0 bridgehead atoms. The number of alkyl halides is 3. The molecule has 0 aromatic heterocycles. The zero-order valence-electron chi connectivity index (χ0n) is 21.0. The van der Waals surface area contributed by atoms with Crippen molar-refractivity contribution in [3.8, 4) is 11.5 Å². The molecule has 2 aromatic rings. The number of hydrogen-bond acceptors (Lipinski definition) is 4. The Bertz CT molecular complexity index is 1060. The quantitative estimate of drug-likeness (QED) is 0.498. The molecule has 36 heavy (non-hydrogen) atoms. The Morgan fingerprint density at radius 3 is 2.44 bits per heavy atom. The number of benzene rings is 2. The summed E-state index contributed by atoms with van der Waals surface area (Å²) in [6.07, 6.45) is 0.205. The molecule has 9 heteroatoms. The third-order valence-electron chi connectivity index (χ3n) is 7.65. The van der Waals surface area contributed by atoms with Crippen molar-refractivity contribution in [3.05, 3.63) is 53.6 Å². The van der Waals surface area contributed by atoms with Crippen LogP contribution in [0.15, 0.2) is 42.5 Å². The summed E-state index contributed by atoms with van der Waals surface area (Å²) in [5.41, 5.74) is 0.780. The lowest BCUT2D eigenvalue weighted by molar-refractivity contribution is -0.137. The average molecular weight is 506 g/mol. The lowest BCUT2D eigenvalue weighted by Crippen LogP contribution is -2.53. The third kappa shape index (κ3) is 5.26. The normalized spacial score (nSPS) is 24.2. The lowest BCUT2D eigenvalue weighted by Gasteiger charge is -2.45. The van der Waals surface area contributed by atoms with Gasteiger partial charge in [-0.2, -0.15) is 13.2 Å². The Morgan fingerprint density at radius 1 is 1.08 bits per heavy atom. The first kappa shape index (κ1) is 26.1. The van der Waals surface area contributed by atoms with E-state index in [-0.39, 0.29) is 17.5 Å². The van der Waals surface area contributed by atoms with Gasteiger partial charge in [0.15, 0.2) is 11.5 Å². The van der Waals surface area contributed by atoms with Crippen LogP contribution in [0.4, 0.5) is 23.7 Å². The molecule has 2 aliphatic rings. The van der Waals surface area contributed by atoms with Crippen LogP contribution in [0, 0.1) is 0 Å². The molecule has 2 amide bonds. The van der Waals surface area contributed by atoms with Crippen molar-refractivity contribution < 1.29 is 27.4 Å². The number of carbonyl (C=O) groups excluding carboxylic acids is 1. The van der Waals surface area contributed by atoms with Gasteiger partial charge in [0.25, 0.3) is 0 Å². The van der Waals surface area contributed by atoms with Crippen LogP contribution in [-0.4, -0.2) is 50.3 Å². The SMILES string of the molecule is CCCN1CC[C@]2(c3ccc(OC)c(OC)c3)CC[C@H](NC(=O)Nc3ccc(C(F)(F)F)cc3)C[C@@H]12. The number of urea groups is 1. The molecule has 0 unspecified atom stereocenters. The number of fused-ring (bicyclic) bond motifs is 1. The number of hydrogen-bond donors (Lipinski definition) is 2. The van der Waals surface area contributed by atoms with E-state index in [1.165, 1.54) is 17.7 Å². The zero-order valence-corrected chi connectivity index (χ0v) is 21.0. The van der Waals surface area contributed by atoms with E-state index in [0.29, 0.717) is 17.2 Å². The van der Waals surface area contributed by atoms with E-state index >= 15 is 0 Å². The van der Waals surface area contributed by atoms with Gasteiger partial charge in [-0.15, -0.1) is 0 Å². The summed E-state index contributed by atoms with van der Waals surface area (Å²) in [7, 11) is 3.27. The number of rotatable bonds is 7. The van der Waals surface area contributed by atoms with Gasteiger partial charge in [-0.25, -0.2) is 4.79 Å². The van der Waals surface area contributed by atoms with E-state index < -0.39 is 17.8 Å². The molecule has 6 nitrogen and oxygen atoms in total. The molecule has 4 rings (SSSR count). The van der Waals surface area contributed by atoms with Crippen LogP contribution in [-0.2, 0) is 11.6 Å². The molecule has 1 saturated heterocycles. The number of ether oxygens (including phenoxy) is 2. The minimum Gasteiger partial charge on any atom is -0.493 e. The summed E-state index contributed by atoms with van der Waals surface area (Å²) in [5, 5.41) is 5.72. The highest BCUT2D eigenvalue weighted by atomic mass is 19.4. The minimum atomic E-state index is -4.41. The second kappa shape index (κ2) is 10.6. The van der Waals surface area contributed by atoms with Gasteiger partial charge in [-0.05, 0) is 87.2 Å². The molecular formula is C27H34F3N3O3. The summed E-state index contributed by atoms with van der Waals surface area (Å²) in [4.78, 5) is 15.2. The van der Waals surface area contributed by atoms with Crippen LogP contribution >= 0.6 is 0 Å². The van der Waals surface area contributed by atoms with Crippen LogP contribution < -0.4 is 20.1 Å². The van der Waals surface area contributed by atoms with Gasteiger partial charge in [-0.1, -0.05) is 13.0 Å². The predicted molar refractivity (Wildman–Crippen MR) is 133 cm³/mol. The van der Waals surface area contributed by atoms with E-state index in [2.05, 4.69) is 34.6 Å². The molecule has 2 N–H and O–H groups in total. The molecule has 196 valence electrons. The molecule has 0 spiro atoms. The Kier molecular flexibility index (Phi) is 7.68. The molecule has 1 heterocycles.